The average molecular weight is 301 g/mol. The summed E-state index contributed by atoms with van der Waals surface area (Å²) >= 11 is 0. The van der Waals surface area contributed by atoms with E-state index in [4.69, 9.17) is 4.74 Å². The van der Waals surface area contributed by atoms with E-state index >= 15 is 0 Å². The predicted molar refractivity (Wildman–Crippen MR) is 81.0 cm³/mol. The van der Waals surface area contributed by atoms with Crippen molar-refractivity contribution in [2.45, 2.75) is 25.5 Å². The molecule has 3 N–H and O–H groups in total. The Bertz CT molecular complexity index is 607. The molecule has 22 heavy (non-hydrogen) atoms. The molecule has 0 aliphatic carbocycles. The zero-order valence-corrected chi connectivity index (χ0v) is 12.2. The summed E-state index contributed by atoms with van der Waals surface area (Å²) in [5.41, 5.74) is 0.938. The molecule has 1 aliphatic rings. The van der Waals surface area contributed by atoms with Crippen molar-refractivity contribution in [1.82, 2.24) is 25.8 Å². The second-order valence-electron chi connectivity index (χ2n) is 5.17. The van der Waals surface area contributed by atoms with Crippen LogP contribution in [0, 0.1) is 0 Å². The maximum atomic E-state index is 11.7. The molecule has 0 radical (unpaired) electrons. The molecule has 1 aliphatic heterocycles. The number of benzene rings is 1. The van der Waals surface area contributed by atoms with Gasteiger partial charge in [-0.25, -0.2) is 9.78 Å². The largest absolute Gasteiger partial charge is 0.376 e. The highest BCUT2D eigenvalue weighted by Gasteiger charge is 2.16. The molecule has 0 bridgehead atoms. The number of nitrogens with zero attached hydrogens (tertiary/aromatic N) is 2. The Balaban J connectivity index is 1.45. The van der Waals surface area contributed by atoms with Crippen molar-refractivity contribution in [2.75, 3.05) is 13.2 Å². The average Bonchev–Trinajstić information content (AvgIpc) is 3.23. The minimum Gasteiger partial charge on any atom is -0.376 e. The fraction of sp³-hybridized carbons (Fsp3) is 0.400. The van der Waals surface area contributed by atoms with Crippen LogP contribution in [-0.2, 0) is 11.3 Å². The first-order valence-corrected chi connectivity index (χ1v) is 7.41. The highest BCUT2D eigenvalue weighted by molar-refractivity contribution is 5.73. The van der Waals surface area contributed by atoms with E-state index < -0.39 is 0 Å². The number of carbonyl (C=O) groups excluding carboxylic acids is 1. The Hall–Kier alpha value is -2.41. The third-order valence-electron chi connectivity index (χ3n) is 3.49. The predicted octanol–water partition coefficient (Wildman–Crippen LogP) is 1.45. The summed E-state index contributed by atoms with van der Waals surface area (Å²) in [5.74, 6) is 1.24. The first-order valence-electron chi connectivity index (χ1n) is 7.41. The van der Waals surface area contributed by atoms with Crippen molar-refractivity contribution in [3.8, 4) is 11.4 Å². The van der Waals surface area contributed by atoms with Crippen molar-refractivity contribution >= 4 is 6.03 Å². The second kappa shape index (κ2) is 7.04. The quantitative estimate of drug-likeness (QED) is 0.779. The summed E-state index contributed by atoms with van der Waals surface area (Å²) in [5, 5.41) is 12.5. The Morgan fingerprint density at radius 2 is 2.18 bits per heavy atom. The van der Waals surface area contributed by atoms with E-state index in [-0.39, 0.29) is 12.1 Å². The summed E-state index contributed by atoms with van der Waals surface area (Å²) in [6.45, 7) is 1.63. The Kier molecular flexibility index (Phi) is 4.65. The molecule has 1 saturated heterocycles. The molecule has 1 aromatic heterocycles. The van der Waals surface area contributed by atoms with Crippen LogP contribution in [0.1, 0.15) is 18.7 Å². The molecule has 0 saturated carbocycles. The van der Waals surface area contributed by atoms with Crippen molar-refractivity contribution in [3.63, 3.8) is 0 Å². The van der Waals surface area contributed by atoms with Gasteiger partial charge in [0.1, 0.15) is 5.82 Å². The number of aromatic amines is 1. The number of hydrogen-bond acceptors (Lipinski definition) is 4. The van der Waals surface area contributed by atoms with E-state index in [1.54, 1.807) is 0 Å². The number of ether oxygens (including phenoxy) is 1. The molecule has 1 fully saturated rings. The smallest absolute Gasteiger partial charge is 0.315 e. The summed E-state index contributed by atoms with van der Waals surface area (Å²) in [6.07, 6.45) is 2.21. The number of aromatic nitrogens is 3. The Morgan fingerprint density at radius 1 is 1.32 bits per heavy atom. The fourth-order valence-electron chi connectivity index (χ4n) is 2.33. The Morgan fingerprint density at radius 3 is 2.95 bits per heavy atom. The standard InChI is InChI=1S/C15H19N5O2/c21-15(16-9-12-7-4-8-22-12)17-10-13-18-14(20-19-13)11-5-2-1-3-6-11/h1-3,5-6,12H,4,7-10H2,(H2,16,17,21)(H,18,19,20). The first-order chi connectivity index (χ1) is 10.8. The molecule has 116 valence electrons. The zero-order valence-electron chi connectivity index (χ0n) is 12.2. The molecule has 2 heterocycles. The van der Waals surface area contributed by atoms with E-state index in [0.717, 1.165) is 25.0 Å². The van der Waals surface area contributed by atoms with Gasteiger partial charge in [0.2, 0.25) is 0 Å². The zero-order chi connectivity index (χ0) is 15.2. The molecule has 0 spiro atoms. The van der Waals surface area contributed by atoms with Gasteiger partial charge in [-0.2, -0.15) is 5.10 Å². The van der Waals surface area contributed by atoms with E-state index in [2.05, 4.69) is 25.8 Å². The van der Waals surface area contributed by atoms with E-state index in [1.807, 2.05) is 30.3 Å². The van der Waals surface area contributed by atoms with Crippen molar-refractivity contribution < 1.29 is 9.53 Å². The van der Waals surface area contributed by atoms with Gasteiger partial charge >= 0.3 is 6.03 Å². The molecular formula is C15H19N5O2. The molecular weight excluding hydrogens is 282 g/mol. The normalized spacial score (nSPS) is 17.4. The molecule has 2 aromatic rings. The summed E-state index contributed by atoms with van der Waals surface area (Å²) < 4.78 is 5.45. The van der Waals surface area contributed by atoms with Gasteiger partial charge in [-0.15, -0.1) is 0 Å². The monoisotopic (exact) mass is 301 g/mol. The number of hydrogen-bond donors (Lipinski definition) is 3. The van der Waals surface area contributed by atoms with Gasteiger partial charge in [-0.1, -0.05) is 30.3 Å². The van der Waals surface area contributed by atoms with E-state index in [1.165, 1.54) is 0 Å². The highest BCUT2D eigenvalue weighted by Crippen LogP contribution is 2.13. The van der Waals surface area contributed by atoms with Crippen LogP contribution >= 0.6 is 0 Å². The third-order valence-corrected chi connectivity index (χ3v) is 3.49. The lowest BCUT2D eigenvalue weighted by molar-refractivity contribution is 0.111. The number of amides is 2. The van der Waals surface area contributed by atoms with Crippen molar-refractivity contribution in [3.05, 3.63) is 36.2 Å². The van der Waals surface area contributed by atoms with Gasteiger partial charge < -0.3 is 15.4 Å². The minimum atomic E-state index is -0.229. The van der Waals surface area contributed by atoms with Gasteiger partial charge in [-0.3, -0.25) is 5.10 Å². The van der Waals surface area contributed by atoms with Crippen molar-refractivity contribution in [2.24, 2.45) is 0 Å². The SMILES string of the molecule is O=C(NCc1nc(-c2ccccc2)n[nH]1)NCC1CCCO1. The first kappa shape index (κ1) is 14.5. The summed E-state index contributed by atoms with van der Waals surface area (Å²) in [4.78, 5) is 16.1. The van der Waals surface area contributed by atoms with Gasteiger partial charge in [0, 0.05) is 18.7 Å². The van der Waals surface area contributed by atoms with Crippen LogP contribution in [0.4, 0.5) is 4.79 Å². The van der Waals surface area contributed by atoms with E-state index in [0.29, 0.717) is 24.7 Å². The topological polar surface area (TPSA) is 91.9 Å². The lowest BCUT2D eigenvalue weighted by Crippen LogP contribution is -2.39. The minimum absolute atomic E-state index is 0.140. The van der Waals surface area contributed by atoms with Crippen LogP contribution in [-0.4, -0.2) is 40.5 Å². The molecule has 7 heteroatoms. The molecule has 7 nitrogen and oxygen atoms in total. The van der Waals surface area contributed by atoms with Gasteiger partial charge in [0.15, 0.2) is 5.82 Å². The van der Waals surface area contributed by atoms with Gasteiger partial charge in [0.25, 0.3) is 0 Å². The van der Waals surface area contributed by atoms with Crippen LogP contribution < -0.4 is 10.6 Å². The van der Waals surface area contributed by atoms with Crippen LogP contribution in [0.2, 0.25) is 0 Å². The lowest BCUT2D eigenvalue weighted by Gasteiger charge is -2.10. The molecule has 3 rings (SSSR count). The van der Waals surface area contributed by atoms with Crippen LogP contribution in [0.3, 0.4) is 0 Å². The van der Waals surface area contributed by atoms with Crippen LogP contribution in [0.15, 0.2) is 30.3 Å². The number of urea groups is 1. The maximum absolute atomic E-state index is 11.7. The molecule has 1 unspecified atom stereocenters. The summed E-state index contributed by atoms with van der Waals surface area (Å²) in [7, 11) is 0. The number of nitrogens with one attached hydrogen (secondary N) is 3. The number of carbonyl (C=O) groups is 1. The van der Waals surface area contributed by atoms with E-state index in [9.17, 15) is 4.79 Å². The lowest BCUT2D eigenvalue weighted by atomic mass is 10.2. The molecule has 1 aromatic carbocycles. The maximum Gasteiger partial charge on any atom is 0.315 e. The van der Waals surface area contributed by atoms with Crippen LogP contribution in [0.5, 0.6) is 0 Å². The van der Waals surface area contributed by atoms with Gasteiger partial charge in [0.05, 0.1) is 12.6 Å². The third kappa shape index (κ3) is 3.82. The highest BCUT2D eigenvalue weighted by atomic mass is 16.5. The fourth-order valence-corrected chi connectivity index (χ4v) is 2.33. The molecule has 2 amide bonds. The second-order valence-corrected chi connectivity index (χ2v) is 5.17. The Labute approximate surface area is 128 Å². The van der Waals surface area contributed by atoms with Crippen LogP contribution in [0.25, 0.3) is 11.4 Å². The van der Waals surface area contributed by atoms with Gasteiger partial charge in [-0.05, 0) is 12.8 Å². The number of rotatable bonds is 5. The van der Waals surface area contributed by atoms with Crippen molar-refractivity contribution in [1.29, 1.82) is 0 Å². The summed E-state index contributed by atoms with van der Waals surface area (Å²) in [6, 6.07) is 9.46. The number of H-pyrrole nitrogens is 1. The molecule has 1 atom stereocenters.